The van der Waals surface area contributed by atoms with Crippen LogP contribution in [0.15, 0.2) is 18.2 Å². The highest BCUT2D eigenvalue weighted by molar-refractivity contribution is 6.35. The number of rotatable bonds is 5. The van der Waals surface area contributed by atoms with E-state index in [1.807, 2.05) is 0 Å². The Hall–Kier alpha value is -0.480. The second-order valence-electron chi connectivity index (χ2n) is 5.35. The quantitative estimate of drug-likeness (QED) is 0.873. The van der Waals surface area contributed by atoms with Crippen LogP contribution >= 0.6 is 23.2 Å². The normalized spacial score (nSPS) is 13.4. The summed E-state index contributed by atoms with van der Waals surface area (Å²) in [7, 11) is 0. The molecule has 0 unspecified atom stereocenters. The molecule has 102 valence electrons. The fraction of sp³-hybridized carbons (Fsp3) is 0.538. The van der Waals surface area contributed by atoms with E-state index in [1.54, 1.807) is 18.2 Å². The summed E-state index contributed by atoms with van der Waals surface area (Å²) in [6, 6.07) is 5.02. The molecule has 0 saturated carbocycles. The predicted octanol–water partition coefficient (Wildman–Crippen LogP) is 2.10. The van der Waals surface area contributed by atoms with Gasteiger partial charge in [0.15, 0.2) is 0 Å². The van der Waals surface area contributed by atoms with Gasteiger partial charge in [-0.05, 0) is 39.0 Å². The Morgan fingerprint density at radius 1 is 1.33 bits per heavy atom. The summed E-state index contributed by atoms with van der Waals surface area (Å²) in [5, 5.41) is 12.9. The molecule has 5 heteroatoms. The van der Waals surface area contributed by atoms with E-state index in [-0.39, 0.29) is 12.1 Å². The number of halogens is 2. The molecule has 3 nitrogen and oxygen atoms in total. The maximum Gasteiger partial charge on any atom is 0.138 e. The molecule has 0 aliphatic heterocycles. The van der Waals surface area contributed by atoms with E-state index in [4.69, 9.17) is 27.9 Å². The number of aliphatic hydroxyl groups is 1. The minimum Gasteiger partial charge on any atom is -0.489 e. The molecule has 1 aromatic rings. The van der Waals surface area contributed by atoms with Gasteiger partial charge in [0.25, 0.3) is 0 Å². The first-order chi connectivity index (χ1) is 8.28. The summed E-state index contributed by atoms with van der Waals surface area (Å²) in [6.07, 6.45) is -0.532. The van der Waals surface area contributed by atoms with Crippen LogP contribution < -0.4 is 10.1 Å². The molecule has 0 amide bonds. The van der Waals surface area contributed by atoms with Gasteiger partial charge in [0.05, 0.1) is 10.6 Å². The molecule has 0 saturated heterocycles. The van der Waals surface area contributed by atoms with Crippen LogP contribution in [0.5, 0.6) is 5.75 Å². The minimum atomic E-state index is -0.532. The molecule has 0 bridgehead atoms. The molecule has 1 aromatic carbocycles. The number of nitrogens with two attached hydrogens (primary N) is 1. The van der Waals surface area contributed by atoms with Crippen molar-refractivity contribution in [3.05, 3.63) is 28.2 Å². The molecular weight excluding hydrogens is 273 g/mol. The van der Waals surface area contributed by atoms with Crippen LogP contribution in [0.3, 0.4) is 0 Å². The summed E-state index contributed by atoms with van der Waals surface area (Å²) < 4.78 is 5.46. The number of aliphatic hydroxyl groups excluding tert-OH is 1. The lowest BCUT2D eigenvalue weighted by molar-refractivity contribution is -0.722. The number of hydrogen-bond donors (Lipinski definition) is 2. The van der Waals surface area contributed by atoms with E-state index in [0.29, 0.717) is 22.3 Å². The maximum atomic E-state index is 9.79. The van der Waals surface area contributed by atoms with Crippen molar-refractivity contribution in [1.82, 2.24) is 0 Å². The molecule has 0 aromatic heterocycles. The average Bonchev–Trinajstić information content (AvgIpc) is 2.24. The number of hydrogen-bond acceptors (Lipinski definition) is 2. The van der Waals surface area contributed by atoms with Gasteiger partial charge in [-0.3, -0.25) is 0 Å². The van der Waals surface area contributed by atoms with Crippen molar-refractivity contribution in [1.29, 1.82) is 0 Å². The average molecular weight is 293 g/mol. The van der Waals surface area contributed by atoms with E-state index in [2.05, 4.69) is 26.1 Å². The van der Waals surface area contributed by atoms with E-state index >= 15 is 0 Å². The maximum absolute atomic E-state index is 9.79. The van der Waals surface area contributed by atoms with Gasteiger partial charge in [-0.15, -0.1) is 0 Å². The molecule has 3 N–H and O–H groups in total. The molecule has 0 fully saturated rings. The van der Waals surface area contributed by atoms with Crippen LogP contribution in [-0.4, -0.2) is 29.9 Å². The van der Waals surface area contributed by atoms with Crippen LogP contribution in [0.1, 0.15) is 20.8 Å². The highest BCUT2D eigenvalue weighted by Crippen LogP contribution is 2.27. The Bertz CT molecular complexity index is 391. The molecule has 0 heterocycles. The third-order valence-corrected chi connectivity index (χ3v) is 2.86. The summed E-state index contributed by atoms with van der Waals surface area (Å²) in [5.74, 6) is 0.538. The molecule has 0 spiro atoms. The largest absolute Gasteiger partial charge is 0.489 e. The standard InChI is InChI=1S/C13H19Cl2NO2/c1-13(2,3)16-7-10(17)8-18-12-5-4-9(14)6-11(12)15/h4-6,10,16-17H,7-8H2,1-3H3/p+1/t10-/m1/s1. The van der Waals surface area contributed by atoms with Crippen LogP contribution in [0.2, 0.25) is 10.0 Å². The fourth-order valence-electron chi connectivity index (χ4n) is 1.34. The molecule has 1 rings (SSSR count). The van der Waals surface area contributed by atoms with Crippen molar-refractivity contribution in [2.45, 2.75) is 32.4 Å². The van der Waals surface area contributed by atoms with Gasteiger partial charge in [0.1, 0.15) is 25.0 Å². The predicted molar refractivity (Wildman–Crippen MR) is 74.5 cm³/mol. The number of benzene rings is 1. The van der Waals surface area contributed by atoms with Crippen molar-refractivity contribution in [2.75, 3.05) is 13.2 Å². The molecule has 1 atom stereocenters. The first-order valence-corrected chi connectivity index (χ1v) is 6.64. The van der Waals surface area contributed by atoms with Gasteiger partial charge in [-0.1, -0.05) is 23.2 Å². The van der Waals surface area contributed by atoms with Gasteiger partial charge >= 0.3 is 0 Å². The monoisotopic (exact) mass is 292 g/mol. The smallest absolute Gasteiger partial charge is 0.138 e. The number of ether oxygens (including phenoxy) is 1. The van der Waals surface area contributed by atoms with Gasteiger partial charge < -0.3 is 15.2 Å². The third-order valence-electron chi connectivity index (χ3n) is 2.33. The molecule has 18 heavy (non-hydrogen) atoms. The molecule has 0 aliphatic carbocycles. The summed E-state index contributed by atoms with van der Waals surface area (Å²) in [6.45, 7) is 7.09. The van der Waals surface area contributed by atoms with Crippen LogP contribution in [0.25, 0.3) is 0 Å². The topological polar surface area (TPSA) is 46.1 Å². The Morgan fingerprint density at radius 2 is 2.00 bits per heavy atom. The SMILES string of the molecule is CC(C)(C)[NH2+]C[C@@H](O)COc1ccc(Cl)cc1Cl. The second-order valence-corrected chi connectivity index (χ2v) is 6.19. The highest BCUT2D eigenvalue weighted by atomic mass is 35.5. The molecule has 0 aliphatic rings. The van der Waals surface area contributed by atoms with Crippen LogP contribution in [0, 0.1) is 0 Å². The Balaban J connectivity index is 2.40. The fourth-order valence-corrected chi connectivity index (χ4v) is 1.80. The van der Waals surface area contributed by atoms with Crippen molar-refractivity contribution in [3.8, 4) is 5.75 Å². The molecular formula is C13H20Cl2NO2+. The van der Waals surface area contributed by atoms with E-state index in [1.165, 1.54) is 0 Å². The van der Waals surface area contributed by atoms with E-state index in [9.17, 15) is 5.11 Å². The zero-order valence-electron chi connectivity index (χ0n) is 10.9. The van der Waals surface area contributed by atoms with Gasteiger partial charge in [-0.25, -0.2) is 0 Å². The highest BCUT2D eigenvalue weighted by Gasteiger charge is 2.16. The van der Waals surface area contributed by atoms with Gasteiger partial charge in [0, 0.05) is 5.02 Å². The van der Waals surface area contributed by atoms with Gasteiger partial charge in [-0.2, -0.15) is 0 Å². The van der Waals surface area contributed by atoms with E-state index in [0.717, 1.165) is 0 Å². The third kappa shape index (κ3) is 5.91. The minimum absolute atomic E-state index is 0.0961. The lowest BCUT2D eigenvalue weighted by Crippen LogP contribution is -2.96. The van der Waals surface area contributed by atoms with Crippen molar-refractivity contribution >= 4 is 23.2 Å². The summed E-state index contributed by atoms with van der Waals surface area (Å²) in [4.78, 5) is 0. The van der Waals surface area contributed by atoms with Crippen molar-refractivity contribution < 1.29 is 15.2 Å². The summed E-state index contributed by atoms with van der Waals surface area (Å²) >= 11 is 11.7. The Kier molecular flexibility index (Phi) is 5.73. The van der Waals surface area contributed by atoms with Gasteiger partial charge in [0.2, 0.25) is 0 Å². The second kappa shape index (κ2) is 6.62. The zero-order chi connectivity index (χ0) is 13.8. The van der Waals surface area contributed by atoms with Crippen molar-refractivity contribution in [2.24, 2.45) is 0 Å². The lowest BCUT2D eigenvalue weighted by atomic mass is 10.1. The first-order valence-electron chi connectivity index (χ1n) is 5.88. The van der Waals surface area contributed by atoms with Crippen LogP contribution in [-0.2, 0) is 0 Å². The van der Waals surface area contributed by atoms with Crippen molar-refractivity contribution in [3.63, 3.8) is 0 Å². The number of quaternary nitrogens is 1. The Labute approximate surface area is 118 Å². The summed E-state index contributed by atoms with van der Waals surface area (Å²) in [5.41, 5.74) is 0.0961. The Morgan fingerprint density at radius 3 is 2.56 bits per heavy atom. The van der Waals surface area contributed by atoms with Crippen LogP contribution in [0.4, 0.5) is 0 Å². The molecule has 0 radical (unpaired) electrons. The zero-order valence-corrected chi connectivity index (χ0v) is 12.4. The lowest BCUT2D eigenvalue weighted by Gasteiger charge is -2.19. The van der Waals surface area contributed by atoms with E-state index < -0.39 is 6.10 Å². The first kappa shape index (κ1) is 15.6.